The highest BCUT2D eigenvalue weighted by atomic mass is 16.5. The van der Waals surface area contributed by atoms with Gasteiger partial charge in [0, 0.05) is 37.4 Å². The van der Waals surface area contributed by atoms with E-state index in [2.05, 4.69) is 29.8 Å². The monoisotopic (exact) mass is 251 g/mol. The van der Waals surface area contributed by atoms with Crippen LogP contribution in [-0.2, 0) is 6.54 Å². The lowest BCUT2D eigenvalue weighted by molar-refractivity contribution is 0.180. The fourth-order valence-electron chi connectivity index (χ4n) is 2.31. The predicted octanol–water partition coefficient (Wildman–Crippen LogP) is 2.04. The van der Waals surface area contributed by atoms with Crippen LogP contribution in [0.5, 0.6) is 5.88 Å². The van der Waals surface area contributed by atoms with E-state index in [0.717, 1.165) is 31.5 Å². The van der Waals surface area contributed by atoms with Gasteiger partial charge in [-0.3, -0.25) is 4.90 Å². The summed E-state index contributed by atoms with van der Waals surface area (Å²) in [6.45, 7) is 6.88. The molecule has 0 aromatic carbocycles. The Kier molecular flexibility index (Phi) is 6.68. The van der Waals surface area contributed by atoms with E-state index < -0.39 is 0 Å². The smallest absolute Gasteiger partial charge is 0.217 e. The van der Waals surface area contributed by atoms with Crippen molar-refractivity contribution in [3.05, 3.63) is 23.9 Å². The fourth-order valence-corrected chi connectivity index (χ4v) is 2.31. The van der Waals surface area contributed by atoms with Gasteiger partial charge in [0.25, 0.3) is 0 Å². The van der Waals surface area contributed by atoms with Crippen molar-refractivity contribution in [2.75, 3.05) is 20.2 Å². The van der Waals surface area contributed by atoms with Gasteiger partial charge in [0.1, 0.15) is 0 Å². The van der Waals surface area contributed by atoms with Crippen LogP contribution in [0.15, 0.2) is 18.3 Å². The molecule has 0 fully saturated rings. The third-order valence-electron chi connectivity index (χ3n) is 3.29. The standard InChI is InChI=1S/C14H25N3O/c1-4-13(5-2)17(10-8-15)11-12-7-6-9-16-14(12)18-3/h6-7,9,13H,4-5,8,10-11,15H2,1-3H3. The minimum atomic E-state index is 0.568. The average Bonchev–Trinajstić information content (AvgIpc) is 2.41. The quantitative estimate of drug-likeness (QED) is 0.768. The van der Waals surface area contributed by atoms with Crippen molar-refractivity contribution < 1.29 is 4.74 Å². The van der Waals surface area contributed by atoms with E-state index >= 15 is 0 Å². The molecule has 0 bridgehead atoms. The molecule has 4 heteroatoms. The summed E-state index contributed by atoms with van der Waals surface area (Å²) in [5.41, 5.74) is 6.84. The van der Waals surface area contributed by atoms with Crippen LogP contribution in [0.25, 0.3) is 0 Å². The Morgan fingerprint density at radius 3 is 2.67 bits per heavy atom. The molecule has 18 heavy (non-hydrogen) atoms. The van der Waals surface area contributed by atoms with Crippen molar-refractivity contribution in [2.45, 2.75) is 39.3 Å². The zero-order chi connectivity index (χ0) is 13.4. The number of aromatic nitrogens is 1. The first-order valence-electron chi connectivity index (χ1n) is 6.68. The lowest BCUT2D eigenvalue weighted by Crippen LogP contribution is -2.37. The Hall–Kier alpha value is -1.13. The number of nitrogens with two attached hydrogens (primary N) is 1. The zero-order valence-electron chi connectivity index (χ0n) is 11.7. The van der Waals surface area contributed by atoms with E-state index in [1.165, 1.54) is 0 Å². The minimum absolute atomic E-state index is 0.568. The van der Waals surface area contributed by atoms with E-state index in [9.17, 15) is 0 Å². The summed E-state index contributed by atoms with van der Waals surface area (Å²) in [7, 11) is 1.66. The molecule has 0 aliphatic rings. The molecule has 4 nitrogen and oxygen atoms in total. The molecule has 0 atom stereocenters. The molecule has 0 saturated heterocycles. The molecule has 0 spiro atoms. The van der Waals surface area contributed by atoms with E-state index in [4.69, 9.17) is 10.5 Å². The van der Waals surface area contributed by atoms with Gasteiger partial charge < -0.3 is 10.5 Å². The van der Waals surface area contributed by atoms with Crippen LogP contribution in [0.3, 0.4) is 0 Å². The molecule has 0 aliphatic heterocycles. The van der Waals surface area contributed by atoms with Crippen molar-refractivity contribution >= 4 is 0 Å². The van der Waals surface area contributed by atoms with Gasteiger partial charge in [0.15, 0.2) is 0 Å². The van der Waals surface area contributed by atoms with Crippen LogP contribution >= 0.6 is 0 Å². The lowest BCUT2D eigenvalue weighted by Gasteiger charge is -2.30. The normalized spacial score (nSPS) is 11.2. The second-order valence-corrected chi connectivity index (χ2v) is 4.40. The molecule has 1 heterocycles. The third-order valence-corrected chi connectivity index (χ3v) is 3.29. The number of nitrogens with zero attached hydrogens (tertiary/aromatic N) is 2. The maximum absolute atomic E-state index is 5.71. The highest BCUT2D eigenvalue weighted by Gasteiger charge is 2.16. The van der Waals surface area contributed by atoms with Crippen molar-refractivity contribution in [2.24, 2.45) is 5.73 Å². The van der Waals surface area contributed by atoms with Gasteiger partial charge in [-0.25, -0.2) is 4.98 Å². The molecule has 0 unspecified atom stereocenters. The molecular formula is C14H25N3O. The average molecular weight is 251 g/mol. The number of ether oxygens (including phenoxy) is 1. The van der Waals surface area contributed by atoms with Gasteiger partial charge in [0.05, 0.1) is 7.11 Å². The van der Waals surface area contributed by atoms with Crippen LogP contribution in [-0.4, -0.2) is 36.1 Å². The van der Waals surface area contributed by atoms with Gasteiger partial charge in [0.2, 0.25) is 5.88 Å². The number of methoxy groups -OCH3 is 1. The maximum atomic E-state index is 5.71. The van der Waals surface area contributed by atoms with Gasteiger partial charge in [-0.15, -0.1) is 0 Å². The van der Waals surface area contributed by atoms with Gasteiger partial charge in [-0.2, -0.15) is 0 Å². The highest BCUT2D eigenvalue weighted by molar-refractivity contribution is 5.25. The molecule has 0 saturated carbocycles. The first-order valence-corrected chi connectivity index (χ1v) is 6.68. The van der Waals surface area contributed by atoms with Crippen LogP contribution in [0.1, 0.15) is 32.3 Å². The Labute approximate surface area is 110 Å². The van der Waals surface area contributed by atoms with E-state index in [0.29, 0.717) is 18.5 Å². The van der Waals surface area contributed by atoms with Gasteiger partial charge in [-0.1, -0.05) is 19.9 Å². The van der Waals surface area contributed by atoms with E-state index in [1.807, 2.05) is 6.07 Å². The van der Waals surface area contributed by atoms with Crippen molar-refractivity contribution in [1.29, 1.82) is 0 Å². The molecular weight excluding hydrogens is 226 g/mol. The van der Waals surface area contributed by atoms with Crippen LogP contribution in [0, 0.1) is 0 Å². The molecule has 2 N–H and O–H groups in total. The number of hydrogen-bond acceptors (Lipinski definition) is 4. The number of pyridine rings is 1. The Morgan fingerprint density at radius 2 is 2.11 bits per heavy atom. The van der Waals surface area contributed by atoms with E-state index in [1.54, 1.807) is 13.3 Å². The summed E-state index contributed by atoms with van der Waals surface area (Å²) >= 11 is 0. The maximum Gasteiger partial charge on any atom is 0.217 e. The largest absolute Gasteiger partial charge is 0.481 e. The Morgan fingerprint density at radius 1 is 1.39 bits per heavy atom. The van der Waals surface area contributed by atoms with Crippen LogP contribution < -0.4 is 10.5 Å². The summed E-state index contributed by atoms with van der Waals surface area (Å²) in [5, 5.41) is 0. The third kappa shape index (κ3) is 3.96. The topological polar surface area (TPSA) is 51.4 Å². The summed E-state index contributed by atoms with van der Waals surface area (Å²) in [5.74, 6) is 0.713. The van der Waals surface area contributed by atoms with Gasteiger partial charge >= 0.3 is 0 Å². The second-order valence-electron chi connectivity index (χ2n) is 4.40. The minimum Gasteiger partial charge on any atom is -0.481 e. The van der Waals surface area contributed by atoms with Crippen molar-refractivity contribution in [1.82, 2.24) is 9.88 Å². The number of rotatable bonds is 8. The van der Waals surface area contributed by atoms with Crippen molar-refractivity contribution in [3.8, 4) is 5.88 Å². The first kappa shape index (κ1) is 14.9. The predicted molar refractivity (Wildman–Crippen MR) is 74.6 cm³/mol. The first-order chi connectivity index (χ1) is 8.76. The zero-order valence-corrected chi connectivity index (χ0v) is 11.7. The summed E-state index contributed by atoms with van der Waals surface area (Å²) in [6.07, 6.45) is 4.03. The Bertz CT molecular complexity index is 340. The lowest BCUT2D eigenvalue weighted by atomic mass is 10.1. The molecule has 0 amide bonds. The second kappa shape index (κ2) is 8.06. The van der Waals surface area contributed by atoms with Gasteiger partial charge in [-0.05, 0) is 18.9 Å². The fraction of sp³-hybridized carbons (Fsp3) is 0.643. The molecule has 1 aromatic rings. The Balaban J connectivity index is 2.81. The molecule has 0 aliphatic carbocycles. The highest BCUT2D eigenvalue weighted by Crippen LogP contribution is 2.19. The van der Waals surface area contributed by atoms with Crippen molar-refractivity contribution in [3.63, 3.8) is 0 Å². The summed E-state index contributed by atoms with van der Waals surface area (Å²) < 4.78 is 5.30. The van der Waals surface area contributed by atoms with E-state index in [-0.39, 0.29) is 0 Å². The summed E-state index contributed by atoms with van der Waals surface area (Å²) in [4.78, 5) is 6.66. The molecule has 0 radical (unpaired) electrons. The van der Waals surface area contributed by atoms with Crippen LogP contribution in [0.4, 0.5) is 0 Å². The van der Waals surface area contributed by atoms with Crippen LogP contribution in [0.2, 0.25) is 0 Å². The molecule has 1 aromatic heterocycles. The summed E-state index contributed by atoms with van der Waals surface area (Å²) in [6, 6.07) is 4.58. The SMILES string of the molecule is CCC(CC)N(CCN)Cc1cccnc1OC. The molecule has 1 rings (SSSR count). The number of hydrogen-bond donors (Lipinski definition) is 1. The molecule has 102 valence electrons.